The number of benzene rings is 3. The summed E-state index contributed by atoms with van der Waals surface area (Å²) in [6, 6.07) is 20.5. The molecule has 0 bridgehead atoms. The molecule has 3 rings (SSSR count). The highest BCUT2D eigenvalue weighted by molar-refractivity contribution is 7.92. The lowest BCUT2D eigenvalue weighted by atomic mass is 10.1. The molecular formula is C29H34ClN3O5S. The fourth-order valence-electron chi connectivity index (χ4n) is 3.91. The highest BCUT2D eigenvalue weighted by Gasteiger charge is 2.34. The van der Waals surface area contributed by atoms with Gasteiger partial charge in [0.2, 0.25) is 11.8 Å². The molecule has 3 aromatic rings. The first-order chi connectivity index (χ1) is 18.3. The van der Waals surface area contributed by atoms with Gasteiger partial charge in [-0.1, -0.05) is 54.1 Å². The molecule has 0 unspecified atom stereocenters. The summed E-state index contributed by atoms with van der Waals surface area (Å²) in [5, 5.41) is 3.07. The third kappa shape index (κ3) is 7.74. The number of rotatable bonds is 10. The first-order valence-electron chi connectivity index (χ1n) is 12.4. The number of amides is 2. The van der Waals surface area contributed by atoms with Crippen LogP contribution in [-0.2, 0) is 26.2 Å². The molecule has 208 valence electrons. The minimum atomic E-state index is -4.18. The van der Waals surface area contributed by atoms with Crippen LogP contribution < -0.4 is 14.4 Å². The second-order valence-electron chi connectivity index (χ2n) is 10.1. The van der Waals surface area contributed by atoms with E-state index >= 15 is 0 Å². The Kier molecular flexibility index (Phi) is 9.63. The summed E-state index contributed by atoms with van der Waals surface area (Å²) in [4.78, 5) is 28.5. The van der Waals surface area contributed by atoms with Gasteiger partial charge < -0.3 is 15.0 Å². The molecule has 0 fully saturated rings. The van der Waals surface area contributed by atoms with E-state index in [1.807, 2.05) is 26.8 Å². The molecule has 10 heteroatoms. The molecule has 0 spiro atoms. The Balaban J connectivity index is 2.05. The number of ether oxygens (including phenoxy) is 1. The molecule has 39 heavy (non-hydrogen) atoms. The number of nitrogens with zero attached hydrogens (tertiary/aromatic N) is 2. The number of halogens is 1. The van der Waals surface area contributed by atoms with E-state index in [0.717, 1.165) is 4.31 Å². The number of anilines is 1. The molecule has 3 aromatic carbocycles. The quantitative estimate of drug-likeness (QED) is 0.374. The van der Waals surface area contributed by atoms with Crippen molar-refractivity contribution in [2.75, 3.05) is 18.0 Å². The Morgan fingerprint density at radius 1 is 0.974 bits per heavy atom. The van der Waals surface area contributed by atoms with E-state index in [0.29, 0.717) is 11.3 Å². The van der Waals surface area contributed by atoms with E-state index in [9.17, 15) is 18.0 Å². The van der Waals surface area contributed by atoms with Gasteiger partial charge in [-0.15, -0.1) is 0 Å². The van der Waals surface area contributed by atoms with Gasteiger partial charge in [0.25, 0.3) is 10.0 Å². The van der Waals surface area contributed by atoms with Crippen LogP contribution in [0, 0.1) is 0 Å². The smallest absolute Gasteiger partial charge is 0.264 e. The van der Waals surface area contributed by atoms with E-state index in [1.54, 1.807) is 61.5 Å². The van der Waals surface area contributed by atoms with Crippen molar-refractivity contribution in [3.63, 3.8) is 0 Å². The van der Waals surface area contributed by atoms with Crippen LogP contribution in [0.15, 0.2) is 83.8 Å². The van der Waals surface area contributed by atoms with Crippen LogP contribution >= 0.6 is 11.6 Å². The predicted molar refractivity (Wildman–Crippen MR) is 153 cm³/mol. The molecule has 0 heterocycles. The van der Waals surface area contributed by atoms with Crippen molar-refractivity contribution in [2.24, 2.45) is 0 Å². The van der Waals surface area contributed by atoms with Crippen LogP contribution in [0.5, 0.6) is 5.75 Å². The largest absolute Gasteiger partial charge is 0.497 e. The number of hydrogen-bond acceptors (Lipinski definition) is 5. The highest BCUT2D eigenvalue weighted by atomic mass is 35.5. The first kappa shape index (κ1) is 30.0. The zero-order valence-corrected chi connectivity index (χ0v) is 24.3. The maximum Gasteiger partial charge on any atom is 0.264 e. The lowest BCUT2D eigenvalue weighted by Crippen LogP contribution is -2.54. The second-order valence-corrected chi connectivity index (χ2v) is 12.3. The highest BCUT2D eigenvalue weighted by Crippen LogP contribution is 2.30. The average Bonchev–Trinajstić information content (AvgIpc) is 2.90. The number of sulfonamides is 1. The van der Waals surface area contributed by atoms with Crippen molar-refractivity contribution in [3.05, 3.63) is 89.4 Å². The molecule has 0 aliphatic heterocycles. The topological polar surface area (TPSA) is 96.0 Å². The van der Waals surface area contributed by atoms with Crippen molar-refractivity contribution >= 4 is 39.1 Å². The van der Waals surface area contributed by atoms with E-state index in [2.05, 4.69) is 5.32 Å². The fraction of sp³-hybridized carbons (Fsp3) is 0.310. The van der Waals surface area contributed by atoms with Gasteiger partial charge in [-0.05, 0) is 69.7 Å². The SMILES string of the molecule is COc1cccc(CN(C(=O)CN(c2ccccc2Cl)S(=O)(=O)c2ccccc2)[C@H](C)C(=O)NC(C)(C)C)c1. The molecule has 2 amide bonds. The first-order valence-corrected chi connectivity index (χ1v) is 14.2. The number of methoxy groups -OCH3 is 1. The Labute approximate surface area is 235 Å². The van der Waals surface area contributed by atoms with Gasteiger partial charge in [0.1, 0.15) is 18.3 Å². The van der Waals surface area contributed by atoms with Crippen molar-refractivity contribution in [1.29, 1.82) is 0 Å². The summed E-state index contributed by atoms with van der Waals surface area (Å²) in [5.74, 6) is -0.348. The maximum atomic E-state index is 14.0. The van der Waals surface area contributed by atoms with Crippen molar-refractivity contribution in [2.45, 2.75) is 50.7 Å². The lowest BCUT2D eigenvalue weighted by molar-refractivity contribution is -0.140. The molecule has 0 aliphatic carbocycles. The minimum absolute atomic E-state index is 0.00981. The molecule has 0 aromatic heterocycles. The molecular weight excluding hydrogens is 538 g/mol. The Morgan fingerprint density at radius 2 is 1.62 bits per heavy atom. The minimum Gasteiger partial charge on any atom is -0.497 e. The average molecular weight is 572 g/mol. The summed E-state index contributed by atoms with van der Waals surface area (Å²) < 4.78 is 33.9. The van der Waals surface area contributed by atoms with Gasteiger partial charge in [0, 0.05) is 12.1 Å². The van der Waals surface area contributed by atoms with Crippen molar-refractivity contribution in [3.8, 4) is 5.75 Å². The summed E-state index contributed by atoms with van der Waals surface area (Å²) in [7, 11) is -2.64. The van der Waals surface area contributed by atoms with Crippen LogP contribution in [0.3, 0.4) is 0 Å². The number of carbonyl (C=O) groups is 2. The summed E-state index contributed by atoms with van der Waals surface area (Å²) in [6.45, 7) is 6.63. The molecule has 8 nitrogen and oxygen atoms in total. The fourth-order valence-corrected chi connectivity index (χ4v) is 5.65. The summed E-state index contributed by atoms with van der Waals surface area (Å²) >= 11 is 6.42. The second kappa shape index (κ2) is 12.5. The molecule has 0 radical (unpaired) electrons. The number of carbonyl (C=O) groups excluding carboxylic acids is 2. The predicted octanol–water partition coefficient (Wildman–Crippen LogP) is 4.88. The van der Waals surface area contributed by atoms with Crippen molar-refractivity contribution in [1.82, 2.24) is 10.2 Å². The third-order valence-electron chi connectivity index (χ3n) is 5.88. The van der Waals surface area contributed by atoms with Crippen molar-refractivity contribution < 1.29 is 22.7 Å². The monoisotopic (exact) mass is 571 g/mol. The van der Waals surface area contributed by atoms with Gasteiger partial charge >= 0.3 is 0 Å². The van der Waals surface area contributed by atoms with E-state index in [1.165, 1.54) is 30.2 Å². The lowest BCUT2D eigenvalue weighted by Gasteiger charge is -2.33. The molecule has 0 aliphatic rings. The number of hydrogen-bond donors (Lipinski definition) is 1. The van der Waals surface area contributed by atoms with Gasteiger partial charge in [-0.2, -0.15) is 0 Å². The molecule has 1 N–H and O–H groups in total. The molecule has 0 saturated carbocycles. The summed E-state index contributed by atoms with van der Waals surface area (Å²) in [6.07, 6.45) is 0. The molecule has 1 atom stereocenters. The Morgan fingerprint density at radius 3 is 2.23 bits per heavy atom. The van der Waals surface area contributed by atoms with Crippen LogP contribution in [0.1, 0.15) is 33.3 Å². The standard InChI is InChI=1S/C29H34ClN3O5S/c1-21(28(35)31-29(2,3)4)32(19-22-12-11-13-23(18-22)38-5)27(34)20-33(26-17-10-9-16-25(26)30)39(36,37)24-14-7-6-8-15-24/h6-18,21H,19-20H2,1-5H3,(H,31,35)/t21-/m1/s1. The third-order valence-corrected chi connectivity index (χ3v) is 7.98. The van der Waals surface area contributed by atoms with E-state index in [-0.39, 0.29) is 28.1 Å². The normalized spacial score (nSPS) is 12.4. The molecule has 0 saturated heterocycles. The van der Waals surface area contributed by atoms with Crippen LogP contribution in [0.4, 0.5) is 5.69 Å². The Bertz CT molecular complexity index is 1410. The van der Waals surface area contributed by atoms with E-state index in [4.69, 9.17) is 16.3 Å². The number of nitrogens with one attached hydrogen (secondary N) is 1. The maximum absolute atomic E-state index is 14.0. The zero-order valence-electron chi connectivity index (χ0n) is 22.7. The van der Waals surface area contributed by atoms with E-state index < -0.39 is 34.1 Å². The van der Waals surface area contributed by atoms with Crippen LogP contribution in [0.25, 0.3) is 0 Å². The zero-order chi connectivity index (χ0) is 28.8. The van der Waals surface area contributed by atoms with Crippen LogP contribution in [-0.4, -0.2) is 50.4 Å². The Hall–Kier alpha value is -3.56. The number of para-hydroxylation sites is 1. The van der Waals surface area contributed by atoms with Gasteiger partial charge in [-0.3, -0.25) is 13.9 Å². The van der Waals surface area contributed by atoms with Gasteiger partial charge in [-0.25, -0.2) is 8.42 Å². The van der Waals surface area contributed by atoms with Gasteiger partial charge in [0.15, 0.2) is 0 Å². The van der Waals surface area contributed by atoms with Gasteiger partial charge in [0.05, 0.1) is 22.7 Å². The summed E-state index contributed by atoms with van der Waals surface area (Å²) in [5.41, 5.74) is 0.342. The van der Waals surface area contributed by atoms with Crippen LogP contribution in [0.2, 0.25) is 5.02 Å².